The molecule has 0 unspecified atom stereocenters. The molecule has 10 nitrogen and oxygen atoms in total. The minimum atomic E-state index is -3.99. The van der Waals surface area contributed by atoms with Crippen molar-refractivity contribution in [1.82, 2.24) is 9.21 Å². The molecule has 220 valence electrons. The van der Waals surface area contributed by atoms with E-state index in [9.17, 15) is 26.7 Å². The second-order valence-electron chi connectivity index (χ2n) is 9.99. The molecule has 0 spiro atoms. The Labute approximate surface area is 245 Å². The van der Waals surface area contributed by atoms with Crippen molar-refractivity contribution in [2.45, 2.75) is 35.8 Å². The maximum Gasteiger partial charge on any atom is 0.261 e. The van der Waals surface area contributed by atoms with Crippen molar-refractivity contribution >= 4 is 43.2 Å². The third kappa shape index (κ3) is 6.84. The van der Waals surface area contributed by atoms with Crippen LogP contribution in [0.5, 0.6) is 5.75 Å². The van der Waals surface area contributed by atoms with Gasteiger partial charge in [-0.1, -0.05) is 36.7 Å². The number of sulfonamides is 2. The van der Waals surface area contributed by atoms with E-state index in [0.29, 0.717) is 5.02 Å². The van der Waals surface area contributed by atoms with E-state index in [1.54, 1.807) is 25.1 Å². The van der Waals surface area contributed by atoms with Gasteiger partial charge >= 0.3 is 0 Å². The molecule has 0 bridgehead atoms. The number of fused-ring (bicyclic) bond motifs is 1. The highest BCUT2D eigenvalue weighted by atomic mass is 35.5. The summed E-state index contributed by atoms with van der Waals surface area (Å²) in [6.07, 6.45) is -0.671. The summed E-state index contributed by atoms with van der Waals surface area (Å²) in [5.41, 5.74) is 0.202. The summed E-state index contributed by atoms with van der Waals surface area (Å²) in [6, 6.07) is 17.4. The van der Waals surface area contributed by atoms with Crippen LogP contribution in [0, 0.1) is 5.92 Å². The second kappa shape index (κ2) is 12.4. The molecule has 1 aliphatic heterocycles. The standard InChI is InChI=1S/C28H32ClN3O7S2/c1-19-16-32(20(2)18-33)28(34)25-15-22(30-40(35,36)23-12-9-21(29)10-13-23)11-14-26(25)39-27(19)17-31(3)41(37,38)24-7-5-4-6-8-24/h4-15,19-20,27,30,33H,16-18H2,1-3H3/t19-,20+,27-/m0/s1. The molecule has 0 saturated heterocycles. The van der Waals surface area contributed by atoms with Crippen LogP contribution in [0.2, 0.25) is 5.02 Å². The molecule has 0 radical (unpaired) electrons. The van der Waals surface area contributed by atoms with Crippen molar-refractivity contribution in [1.29, 1.82) is 0 Å². The fourth-order valence-electron chi connectivity index (χ4n) is 4.46. The Balaban J connectivity index is 1.68. The van der Waals surface area contributed by atoms with Gasteiger partial charge in [0, 0.05) is 30.2 Å². The molecule has 2 N–H and O–H groups in total. The molecule has 3 aromatic rings. The van der Waals surface area contributed by atoms with Crippen LogP contribution in [0.3, 0.4) is 0 Å². The predicted molar refractivity (Wildman–Crippen MR) is 156 cm³/mol. The van der Waals surface area contributed by atoms with Crippen molar-refractivity contribution in [3.05, 3.63) is 83.4 Å². The molecule has 3 aromatic carbocycles. The number of nitrogens with zero attached hydrogens (tertiary/aromatic N) is 2. The van der Waals surface area contributed by atoms with Crippen LogP contribution in [-0.2, 0) is 20.0 Å². The topological polar surface area (TPSA) is 133 Å². The Morgan fingerprint density at radius 1 is 1.05 bits per heavy atom. The third-order valence-electron chi connectivity index (χ3n) is 6.93. The summed E-state index contributed by atoms with van der Waals surface area (Å²) < 4.78 is 62.2. The Morgan fingerprint density at radius 3 is 2.34 bits per heavy atom. The van der Waals surface area contributed by atoms with Crippen LogP contribution in [0.25, 0.3) is 0 Å². The zero-order valence-electron chi connectivity index (χ0n) is 22.8. The van der Waals surface area contributed by atoms with Crippen LogP contribution in [-0.4, -0.2) is 75.9 Å². The van der Waals surface area contributed by atoms with E-state index in [1.807, 2.05) is 6.92 Å². The fourth-order valence-corrected chi connectivity index (χ4v) is 6.84. The molecule has 13 heteroatoms. The summed E-state index contributed by atoms with van der Waals surface area (Å²) in [6.45, 7) is 3.39. The molecular weight excluding hydrogens is 590 g/mol. The van der Waals surface area contributed by atoms with Gasteiger partial charge in [-0.3, -0.25) is 9.52 Å². The maximum atomic E-state index is 13.7. The lowest BCUT2D eigenvalue weighted by Gasteiger charge is -2.38. The van der Waals surface area contributed by atoms with Crippen molar-refractivity contribution in [2.24, 2.45) is 5.92 Å². The van der Waals surface area contributed by atoms with Gasteiger partial charge < -0.3 is 14.7 Å². The highest BCUT2D eigenvalue weighted by molar-refractivity contribution is 7.92. The largest absolute Gasteiger partial charge is 0.488 e. The van der Waals surface area contributed by atoms with Gasteiger partial charge in [0.2, 0.25) is 10.0 Å². The van der Waals surface area contributed by atoms with Gasteiger partial charge in [-0.05, 0) is 61.5 Å². The minimum Gasteiger partial charge on any atom is -0.488 e. The molecule has 1 aliphatic rings. The number of nitrogens with one attached hydrogen (secondary N) is 1. The van der Waals surface area contributed by atoms with E-state index in [4.69, 9.17) is 16.3 Å². The van der Waals surface area contributed by atoms with E-state index in [-0.39, 0.29) is 52.4 Å². The molecule has 1 heterocycles. The number of benzene rings is 3. The van der Waals surface area contributed by atoms with E-state index in [0.717, 1.165) is 0 Å². The van der Waals surface area contributed by atoms with E-state index in [1.165, 1.54) is 70.9 Å². The zero-order valence-corrected chi connectivity index (χ0v) is 25.2. The number of hydrogen-bond donors (Lipinski definition) is 2. The van der Waals surface area contributed by atoms with Gasteiger partial charge in [0.15, 0.2) is 0 Å². The average Bonchev–Trinajstić information content (AvgIpc) is 2.95. The number of aliphatic hydroxyl groups is 1. The monoisotopic (exact) mass is 621 g/mol. The summed E-state index contributed by atoms with van der Waals surface area (Å²) >= 11 is 5.88. The minimum absolute atomic E-state index is 0.0108. The van der Waals surface area contributed by atoms with Gasteiger partial charge in [-0.25, -0.2) is 16.8 Å². The fraction of sp³-hybridized carbons (Fsp3) is 0.321. The number of rotatable bonds is 9. The summed E-state index contributed by atoms with van der Waals surface area (Å²) in [5, 5.41) is 10.3. The highest BCUT2D eigenvalue weighted by Crippen LogP contribution is 2.32. The van der Waals surface area contributed by atoms with Gasteiger partial charge in [0.25, 0.3) is 15.9 Å². The maximum absolute atomic E-state index is 13.7. The van der Waals surface area contributed by atoms with Gasteiger partial charge in [0.05, 0.1) is 34.5 Å². The Kier molecular flexibility index (Phi) is 9.29. The first-order valence-electron chi connectivity index (χ1n) is 12.9. The Bertz CT molecular complexity index is 1600. The first-order chi connectivity index (χ1) is 19.3. The van der Waals surface area contributed by atoms with Gasteiger partial charge in [0.1, 0.15) is 11.9 Å². The Morgan fingerprint density at radius 2 is 1.71 bits per heavy atom. The van der Waals surface area contributed by atoms with Crippen molar-refractivity contribution in [3.8, 4) is 5.75 Å². The van der Waals surface area contributed by atoms with E-state index in [2.05, 4.69) is 4.72 Å². The number of aliphatic hydroxyl groups excluding tert-OH is 1. The number of hydrogen-bond acceptors (Lipinski definition) is 7. The Hall–Kier alpha value is -3.16. The van der Waals surface area contributed by atoms with Gasteiger partial charge in [-0.2, -0.15) is 4.31 Å². The molecule has 0 fully saturated rings. The zero-order chi connectivity index (χ0) is 29.9. The van der Waals surface area contributed by atoms with Crippen molar-refractivity contribution < 1.29 is 31.5 Å². The molecule has 4 rings (SSSR count). The lowest BCUT2D eigenvalue weighted by molar-refractivity contribution is 0.0387. The molecule has 1 amide bonds. The average molecular weight is 622 g/mol. The van der Waals surface area contributed by atoms with Crippen LogP contribution < -0.4 is 9.46 Å². The lowest BCUT2D eigenvalue weighted by Crippen LogP contribution is -2.50. The second-order valence-corrected chi connectivity index (χ2v) is 14.2. The van der Waals surface area contributed by atoms with Crippen LogP contribution in [0.4, 0.5) is 5.69 Å². The van der Waals surface area contributed by atoms with Gasteiger partial charge in [-0.15, -0.1) is 0 Å². The van der Waals surface area contributed by atoms with Crippen molar-refractivity contribution in [3.63, 3.8) is 0 Å². The molecule has 41 heavy (non-hydrogen) atoms. The van der Waals surface area contributed by atoms with E-state index < -0.39 is 38.1 Å². The lowest BCUT2D eigenvalue weighted by atomic mass is 9.99. The van der Waals surface area contributed by atoms with Crippen LogP contribution >= 0.6 is 11.6 Å². The normalized spacial score (nSPS) is 18.7. The SMILES string of the molecule is C[C@H](CO)N1C[C@H](C)[C@H](CN(C)S(=O)(=O)c2ccccc2)Oc2ccc(NS(=O)(=O)c3ccc(Cl)cc3)cc2C1=O. The number of carbonyl (C=O) groups excluding carboxylic acids is 1. The summed E-state index contributed by atoms with van der Waals surface area (Å²) in [7, 11) is -6.34. The molecular formula is C28H32ClN3O7S2. The number of amides is 1. The van der Waals surface area contributed by atoms with Crippen molar-refractivity contribution in [2.75, 3.05) is 31.5 Å². The molecule has 0 saturated carbocycles. The van der Waals surface area contributed by atoms with Crippen LogP contribution in [0.15, 0.2) is 82.6 Å². The number of likely N-dealkylation sites (N-methyl/N-ethyl adjacent to an activating group) is 1. The highest BCUT2D eigenvalue weighted by Gasteiger charge is 2.35. The third-order valence-corrected chi connectivity index (χ3v) is 10.4. The quantitative estimate of drug-likeness (QED) is 0.372. The molecule has 0 aromatic heterocycles. The number of anilines is 1. The molecule has 0 aliphatic carbocycles. The summed E-state index contributed by atoms with van der Waals surface area (Å²) in [5.74, 6) is -0.608. The summed E-state index contributed by atoms with van der Waals surface area (Å²) in [4.78, 5) is 15.3. The smallest absolute Gasteiger partial charge is 0.261 e. The first-order valence-corrected chi connectivity index (χ1v) is 16.2. The number of ether oxygens (including phenoxy) is 1. The number of carbonyl (C=O) groups is 1. The molecule has 3 atom stereocenters. The first kappa shape index (κ1) is 30.8. The predicted octanol–water partition coefficient (Wildman–Crippen LogP) is 3.68. The van der Waals surface area contributed by atoms with Crippen LogP contribution in [0.1, 0.15) is 24.2 Å². The number of halogens is 1. The van der Waals surface area contributed by atoms with E-state index >= 15 is 0 Å².